The van der Waals surface area contributed by atoms with Gasteiger partial charge in [-0.05, 0) is 31.5 Å². The lowest BCUT2D eigenvalue weighted by molar-refractivity contribution is 0.597. The molecule has 5 N–H and O–H groups in total. The van der Waals surface area contributed by atoms with Crippen molar-refractivity contribution < 1.29 is 8.42 Å². The van der Waals surface area contributed by atoms with Crippen LogP contribution in [-0.2, 0) is 17.1 Å². The number of nitrogen functional groups attached to an aromatic ring is 1. The summed E-state index contributed by atoms with van der Waals surface area (Å²) in [4.78, 5) is 0.00941. The van der Waals surface area contributed by atoms with Crippen molar-refractivity contribution >= 4 is 21.4 Å². The fourth-order valence-corrected chi connectivity index (χ4v) is 2.97. The molecule has 9 heteroatoms. The number of nitrogens with two attached hydrogens (primary N) is 2. The van der Waals surface area contributed by atoms with Gasteiger partial charge in [0.05, 0.1) is 10.9 Å². The summed E-state index contributed by atoms with van der Waals surface area (Å²) in [6.45, 7) is 3.56. The predicted octanol–water partition coefficient (Wildman–Crippen LogP) is 0.526. The Kier molecular flexibility index (Phi) is 3.88. The second kappa shape index (κ2) is 5.34. The lowest BCUT2D eigenvalue weighted by atomic mass is 10.1. The monoisotopic (exact) mass is 310 g/mol. The van der Waals surface area contributed by atoms with E-state index in [1.54, 1.807) is 23.9 Å². The van der Waals surface area contributed by atoms with E-state index < -0.39 is 10.0 Å². The summed E-state index contributed by atoms with van der Waals surface area (Å²) in [6, 6.07) is 2.84. The van der Waals surface area contributed by atoms with E-state index in [0.29, 0.717) is 22.8 Å². The van der Waals surface area contributed by atoms with Gasteiger partial charge in [0, 0.05) is 18.4 Å². The molecule has 1 aromatic heterocycles. The molecule has 1 unspecified atom stereocenters. The summed E-state index contributed by atoms with van der Waals surface area (Å²) in [7, 11) is -2.00. The fraction of sp³-hybridized carbons (Fsp3) is 0.333. The lowest BCUT2D eigenvalue weighted by Gasteiger charge is -2.18. The highest BCUT2D eigenvalue weighted by molar-refractivity contribution is 7.89. The zero-order valence-electron chi connectivity index (χ0n) is 12.0. The minimum Gasteiger partial charge on any atom is -0.399 e. The third-order valence-corrected chi connectivity index (χ3v) is 4.23. The van der Waals surface area contributed by atoms with Gasteiger partial charge >= 0.3 is 0 Å². The molecule has 2 aromatic rings. The van der Waals surface area contributed by atoms with Gasteiger partial charge in [0.25, 0.3) is 0 Å². The van der Waals surface area contributed by atoms with Gasteiger partial charge in [-0.2, -0.15) is 0 Å². The molecule has 0 saturated heterocycles. The van der Waals surface area contributed by atoms with Crippen LogP contribution in [0.2, 0.25) is 0 Å². The molecular formula is C12H18N6O2S. The van der Waals surface area contributed by atoms with Crippen LogP contribution in [-0.4, -0.2) is 23.2 Å². The van der Waals surface area contributed by atoms with Gasteiger partial charge in [0.15, 0.2) is 5.82 Å². The van der Waals surface area contributed by atoms with Crippen molar-refractivity contribution in [2.75, 3.05) is 11.1 Å². The first-order valence-electron chi connectivity index (χ1n) is 6.23. The highest BCUT2D eigenvalue weighted by atomic mass is 32.2. The van der Waals surface area contributed by atoms with Crippen LogP contribution >= 0.6 is 0 Å². The van der Waals surface area contributed by atoms with Gasteiger partial charge in [0.2, 0.25) is 10.0 Å². The fourth-order valence-electron chi connectivity index (χ4n) is 2.14. The normalized spacial score (nSPS) is 13.1. The molecule has 0 aliphatic rings. The second-order valence-electron chi connectivity index (χ2n) is 4.90. The molecule has 0 aliphatic carbocycles. The maximum atomic E-state index is 11.6. The number of nitrogens with one attached hydrogen (secondary N) is 1. The number of anilines is 2. The first-order valence-corrected chi connectivity index (χ1v) is 7.78. The van der Waals surface area contributed by atoms with Crippen LogP contribution in [0.4, 0.5) is 11.4 Å². The molecule has 0 saturated carbocycles. The average Bonchev–Trinajstić information content (AvgIpc) is 2.78. The molecule has 2 rings (SSSR count). The minimum absolute atomic E-state index is 0.00941. The molecule has 0 fully saturated rings. The van der Waals surface area contributed by atoms with Crippen LogP contribution in [0, 0.1) is 6.92 Å². The Hall–Kier alpha value is -2.13. The zero-order valence-corrected chi connectivity index (χ0v) is 12.8. The van der Waals surface area contributed by atoms with Crippen molar-refractivity contribution in [3.8, 4) is 0 Å². The standard InChI is InChI=1S/C12H18N6O2S/c1-7-10(4-9(13)5-11(7)21(14,19)20)16-8(2)12-17-15-6-18(12)3/h4-6,8,16H,13H2,1-3H3,(H2,14,19,20). The third kappa shape index (κ3) is 3.14. The van der Waals surface area contributed by atoms with Crippen LogP contribution < -0.4 is 16.2 Å². The molecule has 0 bridgehead atoms. The summed E-state index contributed by atoms with van der Waals surface area (Å²) in [5.74, 6) is 0.717. The van der Waals surface area contributed by atoms with Crippen LogP contribution in [0.25, 0.3) is 0 Å². The van der Waals surface area contributed by atoms with Crippen LogP contribution in [0.3, 0.4) is 0 Å². The Morgan fingerprint density at radius 3 is 2.57 bits per heavy atom. The minimum atomic E-state index is -3.83. The van der Waals surface area contributed by atoms with Gasteiger partial charge in [-0.25, -0.2) is 13.6 Å². The molecule has 21 heavy (non-hydrogen) atoms. The molecule has 114 valence electrons. The molecule has 0 aliphatic heterocycles. The molecular weight excluding hydrogens is 292 g/mol. The van der Waals surface area contributed by atoms with E-state index in [2.05, 4.69) is 15.5 Å². The van der Waals surface area contributed by atoms with E-state index in [9.17, 15) is 8.42 Å². The number of hydrogen-bond acceptors (Lipinski definition) is 6. The van der Waals surface area contributed by atoms with Crippen molar-refractivity contribution in [2.45, 2.75) is 24.8 Å². The lowest BCUT2D eigenvalue weighted by Crippen LogP contribution is -2.17. The Labute approximate surface area is 123 Å². The SMILES string of the molecule is Cc1c(NC(C)c2nncn2C)cc(N)cc1S(N)(=O)=O. The molecule has 0 amide bonds. The number of aromatic nitrogens is 3. The molecule has 1 atom stereocenters. The Morgan fingerprint density at radius 2 is 2.05 bits per heavy atom. The first kappa shape index (κ1) is 15.3. The van der Waals surface area contributed by atoms with E-state index in [0.717, 1.165) is 0 Å². The average molecular weight is 310 g/mol. The molecule has 1 aromatic carbocycles. The number of sulfonamides is 1. The highest BCUT2D eigenvalue weighted by Crippen LogP contribution is 2.28. The number of nitrogens with zero attached hydrogens (tertiary/aromatic N) is 3. The zero-order chi connectivity index (χ0) is 15.8. The van der Waals surface area contributed by atoms with Gasteiger partial charge in [-0.1, -0.05) is 0 Å². The third-order valence-electron chi connectivity index (χ3n) is 3.19. The molecule has 0 radical (unpaired) electrons. The number of rotatable bonds is 4. The molecule has 0 spiro atoms. The van der Waals surface area contributed by atoms with Crippen molar-refractivity contribution in [3.63, 3.8) is 0 Å². The maximum absolute atomic E-state index is 11.6. The summed E-state index contributed by atoms with van der Waals surface area (Å²) in [5.41, 5.74) is 7.18. The van der Waals surface area contributed by atoms with E-state index in [1.807, 2.05) is 14.0 Å². The largest absolute Gasteiger partial charge is 0.399 e. The van der Waals surface area contributed by atoms with Crippen molar-refractivity contribution in [3.05, 3.63) is 29.8 Å². The number of aryl methyl sites for hydroxylation is 1. The first-order chi connectivity index (χ1) is 9.70. The van der Waals surface area contributed by atoms with E-state index in [-0.39, 0.29) is 10.9 Å². The number of hydrogen-bond donors (Lipinski definition) is 3. The topological polar surface area (TPSA) is 129 Å². The molecule has 1 heterocycles. The Bertz CT molecular complexity index is 768. The van der Waals surface area contributed by atoms with Crippen LogP contribution in [0.15, 0.2) is 23.4 Å². The van der Waals surface area contributed by atoms with E-state index in [4.69, 9.17) is 10.9 Å². The van der Waals surface area contributed by atoms with Crippen molar-refractivity contribution in [2.24, 2.45) is 12.2 Å². The highest BCUT2D eigenvalue weighted by Gasteiger charge is 2.18. The van der Waals surface area contributed by atoms with Gasteiger partial charge in [0.1, 0.15) is 6.33 Å². The van der Waals surface area contributed by atoms with Gasteiger partial charge in [-0.15, -0.1) is 10.2 Å². The van der Waals surface area contributed by atoms with Crippen molar-refractivity contribution in [1.82, 2.24) is 14.8 Å². The quantitative estimate of drug-likeness (QED) is 0.706. The predicted molar refractivity (Wildman–Crippen MR) is 80.0 cm³/mol. The molecule has 8 nitrogen and oxygen atoms in total. The Balaban J connectivity index is 2.41. The van der Waals surface area contributed by atoms with Gasteiger partial charge in [-0.3, -0.25) is 0 Å². The smallest absolute Gasteiger partial charge is 0.238 e. The Morgan fingerprint density at radius 1 is 1.38 bits per heavy atom. The van der Waals surface area contributed by atoms with Crippen molar-refractivity contribution in [1.29, 1.82) is 0 Å². The summed E-state index contributed by atoms with van der Waals surface area (Å²) in [5, 5.41) is 16.2. The summed E-state index contributed by atoms with van der Waals surface area (Å²) >= 11 is 0. The number of benzene rings is 1. The van der Waals surface area contributed by atoms with Gasteiger partial charge < -0.3 is 15.6 Å². The maximum Gasteiger partial charge on any atom is 0.238 e. The van der Waals surface area contributed by atoms with Crippen LogP contribution in [0.5, 0.6) is 0 Å². The second-order valence-corrected chi connectivity index (χ2v) is 6.43. The summed E-state index contributed by atoms with van der Waals surface area (Å²) < 4.78 is 25.0. The van der Waals surface area contributed by atoms with Crippen LogP contribution in [0.1, 0.15) is 24.4 Å². The van der Waals surface area contributed by atoms with E-state index >= 15 is 0 Å². The summed E-state index contributed by atoms with van der Waals surface area (Å²) in [6.07, 6.45) is 1.59. The van der Waals surface area contributed by atoms with E-state index in [1.165, 1.54) is 6.07 Å². The number of primary sulfonamides is 1.